The predicted octanol–water partition coefficient (Wildman–Crippen LogP) is 5.60. The highest BCUT2D eigenvalue weighted by Gasteiger charge is 2.11. The number of benzene rings is 4. The topological polar surface area (TPSA) is 105 Å². The number of nitro benzene ring substituents is 1. The van der Waals surface area contributed by atoms with Crippen molar-refractivity contribution in [2.24, 2.45) is 4.99 Å². The van der Waals surface area contributed by atoms with Crippen molar-refractivity contribution >= 4 is 40.0 Å². The van der Waals surface area contributed by atoms with Gasteiger partial charge in [-0.3, -0.25) is 19.9 Å². The standard InChI is InChI=1S/C24H16FN3O4/c25-17-7-4-15(5-8-17)24(30)27-19-3-1-2-18(13-19)26-14-22-21-10-9-20(28(31)32)12-16(21)6-11-23(22)29/h1-14,29H,(H,27,30). The molecule has 0 heterocycles. The molecule has 8 heteroatoms. The van der Waals surface area contributed by atoms with E-state index in [4.69, 9.17) is 0 Å². The molecule has 32 heavy (non-hydrogen) atoms. The summed E-state index contributed by atoms with van der Waals surface area (Å²) in [6.07, 6.45) is 1.46. The minimum absolute atomic E-state index is 0.0177. The van der Waals surface area contributed by atoms with Crippen molar-refractivity contribution in [3.8, 4) is 5.75 Å². The molecule has 0 radical (unpaired) electrons. The van der Waals surface area contributed by atoms with Crippen LogP contribution in [0.5, 0.6) is 5.75 Å². The van der Waals surface area contributed by atoms with E-state index in [1.807, 2.05) is 0 Å². The van der Waals surface area contributed by atoms with E-state index in [9.17, 15) is 24.4 Å². The number of carbonyl (C=O) groups is 1. The molecule has 0 unspecified atom stereocenters. The number of anilines is 1. The summed E-state index contributed by atoms with van der Waals surface area (Å²) in [4.78, 5) is 27.2. The fourth-order valence-electron chi connectivity index (χ4n) is 3.19. The van der Waals surface area contributed by atoms with Gasteiger partial charge in [-0.2, -0.15) is 0 Å². The zero-order valence-corrected chi connectivity index (χ0v) is 16.5. The molecule has 2 N–H and O–H groups in total. The molecule has 4 aromatic rings. The number of aliphatic imine (C=N–C) groups is 1. The van der Waals surface area contributed by atoms with E-state index in [-0.39, 0.29) is 17.3 Å². The molecule has 4 rings (SSSR count). The lowest BCUT2D eigenvalue weighted by atomic mass is 10.0. The van der Waals surface area contributed by atoms with Crippen molar-refractivity contribution < 1.29 is 19.2 Å². The molecule has 0 aromatic heterocycles. The molecule has 1 amide bonds. The first-order valence-electron chi connectivity index (χ1n) is 9.52. The predicted molar refractivity (Wildman–Crippen MR) is 120 cm³/mol. The van der Waals surface area contributed by atoms with Crippen LogP contribution in [0.4, 0.5) is 21.5 Å². The summed E-state index contributed by atoms with van der Waals surface area (Å²) in [5.74, 6) is -0.834. The van der Waals surface area contributed by atoms with E-state index in [1.165, 1.54) is 48.7 Å². The lowest BCUT2D eigenvalue weighted by Crippen LogP contribution is -2.11. The summed E-state index contributed by atoms with van der Waals surface area (Å²) in [5.41, 5.74) is 1.69. The van der Waals surface area contributed by atoms with Gasteiger partial charge >= 0.3 is 0 Å². The van der Waals surface area contributed by atoms with Crippen molar-refractivity contribution in [2.45, 2.75) is 0 Å². The SMILES string of the molecule is O=C(Nc1cccc(N=Cc2c(O)ccc3cc([N+](=O)[O-])ccc23)c1)c1ccc(F)cc1. The average molecular weight is 429 g/mol. The fraction of sp³-hybridized carbons (Fsp3) is 0. The van der Waals surface area contributed by atoms with E-state index in [0.29, 0.717) is 33.3 Å². The normalized spacial score (nSPS) is 11.0. The number of non-ortho nitro benzene ring substituents is 1. The minimum atomic E-state index is -0.480. The van der Waals surface area contributed by atoms with Crippen LogP contribution in [0.2, 0.25) is 0 Å². The monoisotopic (exact) mass is 429 g/mol. The zero-order valence-electron chi connectivity index (χ0n) is 16.5. The highest BCUT2D eigenvalue weighted by atomic mass is 19.1. The lowest BCUT2D eigenvalue weighted by molar-refractivity contribution is -0.384. The summed E-state index contributed by atoms with van der Waals surface area (Å²) in [6.45, 7) is 0. The third kappa shape index (κ3) is 4.44. The molecule has 0 spiro atoms. The summed E-state index contributed by atoms with van der Waals surface area (Å²) in [7, 11) is 0. The second-order valence-electron chi connectivity index (χ2n) is 6.93. The summed E-state index contributed by atoms with van der Waals surface area (Å²) < 4.78 is 13.0. The molecule has 0 aliphatic rings. The van der Waals surface area contributed by atoms with Gasteiger partial charge in [0.15, 0.2) is 0 Å². The molecule has 0 aliphatic carbocycles. The van der Waals surface area contributed by atoms with Gasteiger partial charge in [0.1, 0.15) is 11.6 Å². The molecule has 0 aliphatic heterocycles. The Morgan fingerprint density at radius 3 is 2.56 bits per heavy atom. The van der Waals surface area contributed by atoms with Gasteiger partial charge in [-0.05, 0) is 65.4 Å². The second kappa shape index (κ2) is 8.65. The number of nitro groups is 1. The van der Waals surface area contributed by atoms with E-state index in [0.717, 1.165) is 0 Å². The van der Waals surface area contributed by atoms with Crippen LogP contribution >= 0.6 is 0 Å². The van der Waals surface area contributed by atoms with Crippen LogP contribution < -0.4 is 5.32 Å². The number of phenols is 1. The Balaban J connectivity index is 1.59. The van der Waals surface area contributed by atoms with E-state index >= 15 is 0 Å². The number of halogens is 1. The van der Waals surface area contributed by atoms with Crippen LogP contribution in [0.3, 0.4) is 0 Å². The maximum Gasteiger partial charge on any atom is 0.270 e. The number of phenolic OH excluding ortho intramolecular Hbond substituents is 1. The molecular weight excluding hydrogens is 413 g/mol. The largest absolute Gasteiger partial charge is 0.507 e. The van der Waals surface area contributed by atoms with Gasteiger partial charge in [0.25, 0.3) is 11.6 Å². The molecule has 7 nitrogen and oxygen atoms in total. The van der Waals surface area contributed by atoms with Crippen molar-refractivity contribution in [3.63, 3.8) is 0 Å². The van der Waals surface area contributed by atoms with E-state index in [2.05, 4.69) is 10.3 Å². The molecule has 158 valence electrons. The number of carbonyl (C=O) groups excluding carboxylic acids is 1. The van der Waals surface area contributed by atoms with Gasteiger partial charge in [-0.25, -0.2) is 4.39 Å². The van der Waals surface area contributed by atoms with Crippen LogP contribution in [0, 0.1) is 15.9 Å². The highest BCUT2D eigenvalue weighted by molar-refractivity contribution is 6.05. The van der Waals surface area contributed by atoms with Gasteiger partial charge in [0.2, 0.25) is 0 Å². The second-order valence-corrected chi connectivity index (χ2v) is 6.93. The number of nitrogens with one attached hydrogen (secondary N) is 1. The molecule has 0 atom stereocenters. The number of aromatic hydroxyl groups is 1. The fourth-order valence-corrected chi connectivity index (χ4v) is 3.19. The Bertz CT molecular complexity index is 1370. The van der Waals surface area contributed by atoms with E-state index in [1.54, 1.807) is 36.4 Å². The maximum absolute atomic E-state index is 13.0. The molecule has 4 aromatic carbocycles. The molecule has 0 saturated carbocycles. The first-order chi connectivity index (χ1) is 15.4. The summed E-state index contributed by atoms with van der Waals surface area (Å²) >= 11 is 0. The number of hydrogen-bond acceptors (Lipinski definition) is 5. The maximum atomic E-state index is 13.0. The van der Waals surface area contributed by atoms with Crippen molar-refractivity contribution in [2.75, 3.05) is 5.32 Å². The number of fused-ring (bicyclic) bond motifs is 1. The first-order valence-corrected chi connectivity index (χ1v) is 9.52. The number of nitrogens with zero attached hydrogens (tertiary/aromatic N) is 2. The molecular formula is C24H16FN3O4. The highest BCUT2D eigenvalue weighted by Crippen LogP contribution is 2.29. The van der Waals surface area contributed by atoms with Crippen LogP contribution in [-0.4, -0.2) is 22.2 Å². The van der Waals surface area contributed by atoms with Gasteiger partial charge in [-0.15, -0.1) is 0 Å². The van der Waals surface area contributed by atoms with Crippen LogP contribution in [0.15, 0.2) is 83.9 Å². The Morgan fingerprint density at radius 2 is 1.81 bits per heavy atom. The Labute approximate surface area is 181 Å². The Kier molecular flexibility index (Phi) is 5.59. The Morgan fingerprint density at radius 1 is 1.03 bits per heavy atom. The first kappa shape index (κ1) is 20.7. The van der Waals surface area contributed by atoms with Crippen molar-refractivity contribution in [1.29, 1.82) is 0 Å². The van der Waals surface area contributed by atoms with Gasteiger partial charge in [0, 0.05) is 35.2 Å². The number of hydrogen-bond donors (Lipinski definition) is 2. The van der Waals surface area contributed by atoms with Crippen LogP contribution in [0.1, 0.15) is 15.9 Å². The molecule has 0 fully saturated rings. The summed E-state index contributed by atoms with van der Waals surface area (Å²) in [5, 5.41) is 25.2. The lowest BCUT2D eigenvalue weighted by Gasteiger charge is -2.07. The van der Waals surface area contributed by atoms with Crippen LogP contribution in [-0.2, 0) is 0 Å². The van der Waals surface area contributed by atoms with Crippen molar-refractivity contribution in [1.82, 2.24) is 0 Å². The Hall–Kier alpha value is -4.59. The van der Waals surface area contributed by atoms with Gasteiger partial charge < -0.3 is 10.4 Å². The smallest absolute Gasteiger partial charge is 0.270 e. The minimum Gasteiger partial charge on any atom is -0.507 e. The van der Waals surface area contributed by atoms with Crippen LogP contribution in [0.25, 0.3) is 10.8 Å². The molecule has 0 saturated heterocycles. The number of rotatable bonds is 5. The van der Waals surface area contributed by atoms with E-state index < -0.39 is 10.7 Å². The summed E-state index contributed by atoms with van der Waals surface area (Å²) in [6, 6.07) is 19.4. The quantitative estimate of drug-likeness (QED) is 0.245. The zero-order chi connectivity index (χ0) is 22.7. The molecule has 0 bridgehead atoms. The number of amides is 1. The van der Waals surface area contributed by atoms with Gasteiger partial charge in [0.05, 0.1) is 10.6 Å². The van der Waals surface area contributed by atoms with Gasteiger partial charge in [-0.1, -0.05) is 12.1 Å². The van der Waals surface area contributed by atoms with Crippen molar-refractivity contribution in [3.05, 3.63) is 106 Å². The third-order valence-electron chi connectivity index (χ3n) is 4.79. The average Bonchev–Trinajstić information content (AvgIpc) is 2.78. The third-order valence-corrected chi connectivity index (χ3v) is 4.79.